The van der Waals surface area contributed by atoms with Gasteiger partial charge in [-0.2, -0.15) is 0 Å². The topological polar surface area (TPSA) is 78.4 Å². The lowest BCUT2D eigenvalue weighted by molar-refractivity contribution is -0.149. The van der Waals surface area contributed by atoms with Gasteiger partial charge < -0.3 is 15.7 Å². The Bertz CT molecular complexity index is 425. The molecule has 0 aromatic carbocycles. The van der Waals surface area contributed by atoms with Crippen molar-refractivity contribution in [3.05, 3.63) is 0 Å². The lowest BCUT2D eigenvalue weighted by atomic mass is 9.84. The largest absolute Gasteiger partial charge is 0.481 e. The molecule has 3 fully saturated rings. The van der Waals surface area contributed by atoms with Crippen LogP contribution in [0.3, 0.4) is 0 Å². The zero-order valence-electron chi connectivity index (χ0n) is 12.7. The van der Waals surface area contributed by atoms with Crippen LogP contribution in [0.15, 0.2) is 0 Å². The number of carboxylic acids is 1. The lowest BCUT2D eigenvalue weighted by Crippen LogP contribution is -2.52. The van der Waals surface area contributed by atoms with Crippen molar-refractivity contribution in [3.8, 4) is 0 Å². The van der Waals surface area contributed by atoms with Crippen LogP contribution in [0.5, 0.6) is 0 Å². The summed E-state index contributed by atoms with van der Waals surface area (Å²) in [5, 5.41) is 15.9. The summed E-state index contributed by atoms with van der Waals surface area (Å²) in [6, 6.07) is 0.132. The average Bonchev–Trinajstić information content (AvgIpc) is 3.04. The van der Waals surface area contributed by atoms with E-state index in [4.69, 9.17) is 0 Å². The first-order valence-corrected chi connectivity index (χ1v) is 8.30. The molecule has 0 aromatic heterocycles. The van der Waals surface area contributed by atoms with Crippen LogP contribution in [0.4, 0.5) is 0 Å². The van der Waals surface area contributed by atoms with E-state index in [1.807, 2.05) is 0 Å². The third-order valence-corrected chi connectivity index (χ3v) is 5.94. The van der Waals surface area contributed by atoms with Crippen LogP contribution in [0, 0.1) is 11.3 Å². The van der Waals surface area contributed by atoms with E-state index in [-0.39, 0.29) is 18.0 Å². The van der Waals surface area contributed by atoms with Gasteiger partial charge in [0.25, 0.3) is 0 Å². The van der Waals surface area contributed by atoms with Crippen LogP contribution in [-0.2, 0) is 9.59 Å². The number of fused-ring (bicyclic) bond motifs is 1. The molecule has 1 aliphatic heterocycles. The van der Waals surface area contributed by atoms with Gasteiger partial charge in [-0.15, -0.1) is 0 Å². The summed E-state index contributed by atoms with van der Waals surface area (Å²) in [4.78, 5) is 24.0. The predicted molar refractivity (Wildman–Crippen MR) is 78.8 cm³/mol. The molecule has 1 saturated heterocycles. The van der Waals surface area contributed by atoms with Crippen LogP contribution in [0.2, 0.25) is 0 Å². The summed E-state index contributed by atoms with van der Waals surface area (Å²) in [7, 11) is 0. The van der Waals surface area contributed by atoms with Crippen LogP contribution >= 0.6 is 0 Å². The van der Waals surface area contributed by atoms with Crippen molar-refractivity contribution in [2.75, 3.05) is 0 Å². The average molecular weight is 294 g/mol. The Labute approximate surface area is 125 Å². The van der Waals surface area contributed by atoms with Gasteiger partial charge in [0.05, 0.1) is 11.5 Å². The minimum absolute atomic E-state index is 0.00350. The molecular weight excluding hydrogens is 268 g/mol. The molecule has 3 N–H and O–H groups in total. The van der Waals surface area contributed by atoms with Crippen molar-refractivity contribution in [2.45, 2.75) is 76.4 Å². The lowest BCUT2D eigenvalue weighted by Gasteiger charge is -2.28. The minimum Gasteiger partial charge on any atom is -0.481 e. The number of rotatable bonds is 3. The highest BCUT2D eigenvalue weighted by Gasteiger charge is 2.47. The van der Waals surface area contributed by atoms with E-state index in [1.54, 1.807) is 6.92 Å². The fourth-order valence-corrected chi connectivity index (χ4v) is 4.45. The Hall–Kier alpha value is -1.10. The van der Waals surface area contributed by atoms with Crippen LogP contribution in [0.1, 0.15) is 58.3 Å². The molecule has 5 heteroatoms. The van der Waals surface area contributed by atoms with Crippen molar-refractivity contribution in [1.29, 1.82) is 0 Å². The Morgan fingerprint density at radius 3 is 2.67 bits per heavy atom. The first-order valence-electron chi connectivity index (χ1n) is 8.30. The molecule has 3 aliphatic rings. The van der Waals surface area contributed by atoms with Crippen molar-refractivity contribution in [2.24, 2.45) is 11.3 Å². The molecule has 0 spiro atoms. The molecule has 0 aromatic rings. The Kier molecular flexibility index (Phi) is 3.95. The van der Waals surface area contributed by atoms with E-state index >= 15 is 0 Å². The first kappa shape index (κ1) is 14.8. The van der Waals surface area contributed by atoms with E-state index in [0.29, 0.717) is 18.4 Å². The summed E-state index contributed by atoms with van der Waals surface area (Å²) in [6.07, 6.45) is 8.12. The Morgan fingerprint density at radius 2 is 1.95 bits per heavy atom. The fraction of sp³-hybridized carbons (Fsp3) is 0.875. The minimum atomic E-state index is -0.805. The van der Waals surface area contributed by atoms with Gasteiger partial charge in [0, 0.05) is 12.1 Å². The predicted octanol–water partition coefficient (Wildman–Crippen LogP) is 1.67. The monoisotopic (exact) mass is 294 g/mol. The molecule has 118 valence electrons. The van der Waals surface area contributed by atoms with E-state index in [2.05, 4.69) is 10.6 Å². The summed E-state index contributed by atoms with van der Waals surface area (Å²) in [5.74, 6) is -0.161. The number of amides is 1. The third-order valence-electron chi connectivity index (χ3n) is 5.94. The molecule has 0 radical (unpaired) electrons. The normalized spacial score (nSPS) is 42.5. The van der Waals surface area contributed by atoms with Crippen molar-refractivity contribution >= 4 is 11.9 Å². The molecule has 0 bridgehead atoms. The second kappa shape index (κ2) is 5.59. The van der Waals surface area contributed by atoms with Gasteiger partial charge in [-0.25, -0.2) is 0 Å². The highest BCUT2D eigenvalue weighted by molar-refractivity contribution is 5.84. The van der Waals surface area contributed by atoms with Crippen molar-refractivity contribution in [3.63, 3.8) is 0 Å². The van der Waals surface area contributed by atoms with E-state index < -0.39 is 11.4 Å². The van der Waals surface area contributed by atoms with Crippen molar-refractivity contribution in [1.82, 2.24) is 10.6 Å². The smallest absolute Gasteiger partial charge is 0.311 e. The zero-order valence-corrected chi connectivity index (χ0v) is 12.7. The molecule has 1 amide bonds. The molecule has 2 saturated carbocycles. The van der Waals surface area contributed by atoms with Gasteiger partial charge in [0.15, 0.2) is 0 Å². The van der Waals surface area contributed by atoms with E-state index in [1.165, 1.54) is 25.7 Å². The number of carbonyl (C=O) groups is 2. The van der Waals surface area contributed by atoms with Gasteiger partial charge in [-0.3, -0.25) is 9.59 Å². The molecular formula is C16H26N2O3. The van der Waals surface area contributed by atoms with Crippen LogP contribution < -0.4 is 10.6 Å². The molecule has 2 aliphatic carbocycles. The number of carboxylic acid groups (broad SMARTS) is 1. The molecule has 3 rings (SSSR count). The Morgan fingerprint density at radius 1 is 1.19 bits per heavy atom. The maximum atomic E-state index is 12.5. The summed E-state index contributed by atoms with van der Waals surface area (Å²) in [6.45, 7) is 1.76. The molecule has 5 nitrogen and oxygen atoms in total. The summed E-state index contributed by atoms with van der Waals surface area (Å²) < 4.78 is 0. The first-order chi connectivity index (χ1) is 10.0. The maximum Gasteiger partial charge on any atom is 0.311 e. The number of hydrogen-bond acceptors (Lipinski definition) is 3. The standard InChI is InChI=1S/C16H26N2O3/c1-16(15(20)21)8-4-7-13(16)18-14(19)12-9-10-5-2-3-6-11(10)17-12/h10-13,17H,2-9H2,1H3,(H,18,19)(H,20,21). The van der Waals surface area contributed by atoms with Crippen LogP contribution in [-0.4, -0.2) is 35.1 Å². The number of carbonyl (C=O) groups excluding carboxylic acids is 1. The molecule has 5 unspecified atom stereocenters. The molecule has 21 heavy (non-hydrogen) atoms. The quantitative estimate of drug-likeness (QED) is 0.740. The third kappa shape index (κ3) is 2.68. The van der Waals surface area contributed by atoms with Gasteiger partial charge >= 0.3 is 5.97 Å². The zero-order chi connectivity index (χ0) is 15.0. The highest BCUT2D eigenvalue weighted by Crippen LogP contribution is 2.39. The molecule has 1 heterocycles. The second-order valence-corrected chi connectivity index (χ2v) is 7.28. The summed E-state index contributed by atoms with van der Waals surface area (Å²) >= 11 is 0. The number of aliphatic carboxylic acids is 1. The Balaban J connectivity index is 1.60. The second-order valence-electron chi connectivity index (χ2n) is 7.28. The van der Waals surface area contributed by atoms with E-state index in [0.717, 1.165) is 19.3 Å². The highest BCUT2D eigenvalue weighted by atomic mass is 16.4. The van der Waals surface area contributed by atoms with Crippen LogP contribution in [0.25, 0.3) is 0 Å². The van der Waals surface area contributed by atoms with Gasteiger partial charge in [-0.1, -0.05) is 19.3 Å². The maximum absolute atomic E-state index is 12.5. The fourth-order valence-electron chi connectivity index (χ4n) is 4.45. The number of nitrogens with one attached hydrogen (secondary N) is 2. The summed E-state index contributed by atoms with van der Waals surface area (Å²) in [5.41, 5.74) is -0.805. The van der Waals surface area contributed by atoms with Gasteiger partial charge in [0.1, 0.15) is 0 Å². The SMILES string of the molecule is CC1(C(=O)O)CCCC1NC(=O)C1CC2CCCCC2N1. The number of hydrogen-bond donors (Lipinski definition) is 3. The van der Waals surface area contributed by atoms with Crippen molar-refractivity contribution < 1.29 is 14.7 Å². The van der Waals surface area contributed by atoms with Gasteiger partial charge in [-0.05, 0) is 44.9 Å². The van der Waals surface area contributed by atoms with E-state index in [9.17, 15) is 14.7 Å². The molecule has 5 atom stereocenters. The van der Waals surface area contributed by atoms with Gasteiger partial charge in [0.2, 0.25) is 5.91 Å².